The Labute approximate surface area is 160 Å². The van der Waals surface area contributed by atoms with Crippen LogP contribution in [0.1, 0.15) is 0 Å². The third-order valence-electron chi connectivity index (χ3n) is 3.57. The number of hydrazine groups is 1. The maximum Gasteiger partial charge on any atom is 0.185 e. The minimum absolute atomic E-state index is 0.473. The number of fused-ring (bicyclic) bond motifs is 1. The van der Waals surface area contributed by atoms with E-state index in [9.17, 15) is 0 Å². The third kappa shape index (κ3) is 4.37. The van der Waals surface area contributed by atoms with E-state index in [-0.39, 0.29) is 0 Å². The van der Waals surface area contributed by atoms with Gasteiger partial charge in [0, 0.05) is 18.5 Å². The summed E-state index contributed by atoms with van der Waals surface area (Å²) in [6.45, 7) is 1.21. The van der Waals surface area contributed by atoms with Crippen LogP contribution in [0.3, 0.4) is 0 Å². The molecule has 3 N–H and O–H groups in total. The van der Waals surface area contributed by atoms with Gasteiger partial charge in [0.1, 0.15) is 12.1 Å². The normalized spacial score (nSPS) is 10.5. The number of aromatic nitrogens is 2. The van der Waals surface area contributed by atoms with E-state index in [2.05, 4.69) is 26.1 Å². The lowest BCUT2D eigenvalue weighted by atomic mass is 10.2. The van der Waals surface area contributed by atoms with Gasteiger partial charge in [0.05, 0.1) is 23.9 Å². The van der Waals surface area contributed by atoms with E-state index in [1.807, 2.05) is 30.3 Å². The number of thiophene rings is 1. The molecule has 0 aliphatic carbocycles. The van der Waals surface area contributed by atoms with Crippen molar-refractivity contribution in [1.29, 1.82) is 0 Å². The van der Waals surface area contributed by atoms with Gasteiger partial charge in [-0.2, -0.15) is 0 Å². The molecule has 0 saturated carbocycles. The largest absolute Gasteiger partial charge is 0.497 e. The lowest BCUT2D eigenvalue weighted by molar-refractivity contribution is 0.204. The summed E-state index contributed by atoms with van der Waals surface area (Å²) in [5.41, 5.74) is 7.95. The van der Waals surface area contributed by atoms with E-state index in [1.54, 1.807) is 25.6 Å². The molecule has 9 heteroatoms. The fourth-order valence-corrected chi connectivity index (χ4v) is 3.48. The summed E-state index contributed by atoms with van der Waals surface area (Å²) in [7, 11) is 3.30. The number of nitrogens with zero attached hydrogens (tertiary/aromatic N) is 2. The van der Waals surface area contributed by atoms with Gasteiger partial charge in [0.2, 0.25) is 0 Å². The molecular weight excluding hydrogens is 370 g/mol. The summed E-state index contributed by atoms with van der Waals surface area (Å²) in [5.74, 6) is 1.51. The van der Waals surface area contributed by atoms with Gasteiger partial charge in [0.25, 0.3) is 0 Å². The predicted molar refractivity (Wildman–Crippen MR) is 109 cm³/mol. The molecule has 0 unspecified atom stereocenters. The van der Waals surface area contributed by atoms with Gasteiger partial charge in [-0.25, -0.2) is 9.97 Å². The monoisotopic (exact) mass is 389 g/mol. The van der Waals surface area contributed by atoms with Crippen LogP contribution in [0.5, 0.6) is 5.75 Å². The Kier molecular flexibility index (Phi) is 6.16. The van der Waals surface area contributed by atoms with Crippen LogP contribution in [0, 0.1) is 0 Å². The van der Waals surface area contributed by atoms with Crippen molar-refractivity contribution < 1.29 is 9.47 Å². The molecule has 0 spiro atoms. The first-order valence-corrected chi connectivity index (χ1v) is 9.11. The molecule has 0 amide bonds. The number of nitrogens with one attached hydrogen (secondary N) is 3. The lowest BCUT2D eigenvalue weighted by Crippen LogP contribution is -2.40. The SMILES string of the molecule is COCCNC(=S)NNc1ncnc2cc(-c3ccc(OC)cc3)sc12. The quantitative estimate of drug-likeness (QED) is 0.323. The van der Waals surface area contributed by atoms with Crippen LogP contribution < -0.4 is 20.9 Å². The number of hydrogen-bond acceptors (Lipinski definition) is 7. The van der Waals surface area contributed by atoms with E-state index in [1.165, 1.54) is 6.33 Å². The van der Waals surface area contributed by atoms with Gasteiger partial charge in [0.15, 0.2) is 10.9 Å². The zero-order chi connectivity index (χ0) is 18.4. The molecule has 0 bridgehead atoms. The number of hydrogen-bond donors (Lipinski definition) is 3. The smallest absolute Gasteiger partial charge is 0.185 e. The standard InChI is InChI=1S/C17H19N5O2S2/c1-23-8-7-18-17(25)22-21-16-15-13(19-10-20-16)9-14(26-15)11-3-5-12(24-2)6-4-11/h3-6,9-10H,7-8H2,1-2H3,(H2,18,22,25)(H,19,20,21). The Morgan fingerprint density at radius 1 is 1.19 bits per heavy atom. The van der Waals surface area contributed by atoms with Crippen molar-refractivity contribution >= 4 is 44.7 Å². The van der Waals surface area contributed by atoms with Gasteiger partial charge < -0.3 is 14.8 Å². The Morgan fingerprint density at radius 3 is 2.73 bits per heavy atom. The highest BCUT2D eigenvalue weighted by molar-refractivity contribution is 7.80. The van der Waals surface area contributed by atoms with Crippen LogP contribution in [0.4, 0.5) is 5.82 Å². The maximum atomic E-state index is 5.21. The van der Waals surface area contributed by atoms with Crippen LogP contribution in [-0.2, 0) is 4.74 Å². The summed E-state index contributed by atoms with van der Waals surface area (Å²) in [6, 6.07) is 9.98. The summed E-state index contributed by atoms with van der Waals surface area (Å²) in [6.07, 6.45) is 1.53. The predicted octanol–water partition coefficient (Wildman–Crippen LogP) is 2.80. The molecule has 0 atom stereocenters. The molecule has 136 valence electrons. The van der Waals surface area contributed by atoms with Crippen LogP contribution in [0.25, 0.3) is 20.7 Å². The summed E-state index contributed by atoms with van der Waals surface area (Å²) >= 11 is 6.81. The fourth-order valence-electron chi connectivity index (χ4n) is 2.27. The van der Waals surface area contributed by atoms with Gasteiger partial charge in [-0.05, 0) is 48.1 Å². The molecule has 1 aromatic carbocycles. The number of rotatable bonds is 7. The molecule has 7 nitrogen and oxygen atoms in total. The summed E-state index contributed by atoms with van der Waals surface area (Å²) in [5, 5.41) is 3.50. The van der Waals surface area contributed by atoms with Crippen molar-refractivity contribution in [2.45, 2.75) is 0 Å². The number of anilines is 1. The van der Waals surface area contributed by atoms with Crippen molar-refractivity contribution in [3.8, 4) is 16.2 Å². The van der Waals surface area contributed by atoms with E-state index < -0.39 is 0 Å². The first kappa shape index (κ1) is 18.3. The molecule has 0 aliphatic heterocycles. The molecule has 3 rings (SSSR count). The van der Waals surface area contributed by atoms with Crippen molar-refractivity contribution in [1.82, 2.24) is 20.7 Å². The average Bonchev–Trinajstić information content (AvgIpc) is 3.11. The third-order valence-corrected chi connectivity index (χ3v) is 5.00. The Bertz CT molecular complexity index is 882. The zero-order valence-corrected chi connectivity index (χ0v) is 16.0. The van der Waals surface area contributed by atoms with Gasteiger partial charge in [-0.3, -0.25) is 10.9 Å². The summed E-state index contributed by atoms with van der Waals surface area (Å²) in [4.78, 5) is 9.76. The molecule has 0 radical (unpaired) electrons. The first-order valence-electron chi connectivity index (χ1n) is 7.89. The number of benzene rings is 1. The molecule has 3 aromatic rings. The van der Waals surface area contributed by atoms with E-state index in [0.717, 1.165) is 26.4 Å². The Hall–Kier alpha value is -2.49. The van der Waals surface area contributed by atoms with Gasteiger partial charge in [-0.15, -0.1) is 11.3 Å². The Morgan fingerprint density at radius 2 is 2.00 bits per heavy atom. The van der Waals surface area contributed by atoms with Gasteiger partial charge >= 0.3 is 0 Å². The molecule has 0 fully saturated rings. The van der Waals surface area contributed by atoms with Crippen LogP contribution in [-0.4, -0.2) is 42.5 Å². The van der Waals surface area contributed by atoms with Crippen LogP contribution >= 0.6 is 23.6 Å². The molecule has 2 heterocycles. The molecule has 0 aliphatic rings. The minimum atomic E-state index is 0.473. The van der Waals surface area contributed by atoms with Crippen molar-refractivity contribution in [3.63, 3.8) is 0 Å². The molecular formula is C17H19N5O2S2. The number of methoxy groups -OCH3 is 2. The fraction of sp³-hybridized carbons (Fsp3) is 0.235. The average molecular weight is 390 g/mol. The highest BCUT2D eigenvalue weighted by Crippen LogP contribution is 2.35. The van der Waals surface area contributed by atoms with Crippen LogP contribution in [0.2, 0.25) is 0 Å². The summed E-state index contributed by atoms with van der Waals surface area (Å²) < 4.78 is 11.1. The highest BCUT2D eigenvalue weighted by atomic mass is 32.1. The minimum Gasteiger partial charge on any atom is -0.497 e. The second-order valence-electron chi connectivity index (χ2n) is 5.27. The van der Waals surface area contributed by atoms with E-state index in [4.69, 9.17) is 21.7 Å². The maximum absolute atomic E-state index is 5.21. The van der Waals surface area contributed by atoms with Crippen molar-refractivity contribution in [2.75, 3.05) is 32.8 Å². The topological polar surface area (TPSA) is 80.3 Å². The van der Waals surface area contributed by atoms with Gasteiger partial charge in [-0.1, -0.05) is 0 Å². The van der Waals surface area contributed by atoms with Crippen molar-refractivity contribution in [3.05, 3.63) is 36.7 Å². The second-order valence-corrected chi connectivity index (χ2v) is 6.73. The Balaban J connectivity index is 1.75. The molecule has 0 saturated heterocycles. The van der Waals surface area contributed by atoms with Crippen molar-refractivity contribution in [2.24, 2.45) is 0 Å². The highest BCUT2D eigenvalue weighted by Gasteiger charge is 2.10. The number of ether oxygens (including phenoxy) is 2. The first-order chi connectivity index (χ1) is 12.7. The number of thiocarbonyl (C=S) groups is 1. The molecule has 2 aromatic heterocycles. The van der Waals surface area contributed by atoms with E-state index >= 15 is 0 Å². The van der Waals surface area contributed by atoms with Crippen LogP contribution in [0.15, 0.2) is 36.7 Å². The second kappa shape index (κ2) is 8.75. The molecule has 26 heavy (non-hydrogen) atoms. The zero-order valence-electron chi connectivity index (χ0n) is 14.4. The lowest BCUT2D eigenvalue weighted by Gasteiger charge is -2.11. The van der Waals surface area contributed by atoms with E-state index in [0.29, 0.717) is 24.1 Å².